The van der Waals surface area contributed by atoms with E-state index in [9.17, 15) is 12.8 Å². The van der Waals surface area contributed by atoms with Gasteiger partial charge in [0.1, 0.15) is 16.5 Å². The van der Waals surface area contributed by atoms with Crippen LogP contribution in [0.15, 0.2) is 59.8 Å². The average Bonchev–Trinajstić information content (AvgIpc) is 3.76. The highest BCUT2D eigenvalue weighted by Crippen LogP contribution is 2.53. The lowest BCUT2D eigenvalue weighted by Gasteiger charge is -2.22. The molecule has 2 aliphatic carbocycles. The van der Waals surface area contributed by atoms with Crippen LogP contribution < -0.4 is 4.74 Å². The topological polar surface area (TPSA) is 68.7 Å². The van der Waals surface area contributed by atoms with Crippen molar-refractivity contribution in [3.05, 3.63) is 76.8 Å². The lowest BCUT2D eigenvalue weighted by atomic mass is 9.96. The van der Waals surface area contributed by atoms with Crippen molar-refractivity contribution in [2.75, 3.05) is 14.1 Å². The molecule has 2 fully saturated rings. The van der Waals surface area contributed by atoms with E-state index in [-0.39, 0.29) is 17.7 Å². The molecule has 9 heteroatoms. The van der Waals surface area contributed by atoms with Gasteiger partial charge in [-0.15, -0.1) is 0 Å². The molecular weight excluding hydrogens is 491 g/mol. The van der Waals surface area contributed by atoms with Crippen LogP contribution >= 0.6 is 11.6 Å². The summed E-state index contributed by atoms with van der Waals surface area (Å²) in [6.07, 6.45) is 7.50. The number of nitrogens with zero attached hydrogens (tertiary/aromatic N) is 2. The number of sulfonamides is 1. The van der Waals surface area contributed by atoms with E-state index in [1.807, 2.05) is 36.5 Å². The third-order valence-electron chi connectivity index (χ3n) is 6.37. The number of pyridine rings is 1. The smallest absolute Gasteiger partial charge is 0.245 e. The maximum absolute atomic E-state index is 14.5. The molecule has 0 bridgehead atoms. The number of ether oxygens (including phenoxy) is 2. The lowest BCUT2D eigenvalue weighted by Crippen LogP contribution is -2.23. The first-order valence-electron chi connectivity index (χ1n) is 11.5. The Morgan fingerprint density at radius 2 is 1.89 bits per heavy atom. The molecule has 0 atom stereocenters. The lowest BCUT2D eigenvalue weighted by molar-refractivity contribution is 0.0172. The summed E-state index contributed by atoms with van der Waals surface area (Å²) < 4.78 is 53.0. The zero-order valence-corrected chi connectivity index (χ0v) is 21.1. The van der Waals surface area contributed by atoms with E-state index in [1.54, 1.807) is 6.20 Å². The normalized spacial score (nSPS) is 16.9. The molecule has 184 valence electrons. The Labute approximate surface area is 209 Å². The highest BCUT2D eigenvalue weighted by atomic mass is 35.5. The molecule has 35 heavy (non-hydrogen) atoms. The number of aromatic nitrogens is 1. The molecule has 1 heterocycles. The fourth-order valence-electron chi connectivity index (χ4n) is 4.05. The summed E-state index contributed by atoms with van der Waals surface area (Å²) >= 11 is 6.27. The second-order valence-electron chi connectivity index (χ2n) is 9.18. The summed E-state index contributed by atoms with van der Waals surface area (Å²) in [5.74, 6) is -0.0613. The first-order valence-corrected chi connectivity index (χ1v) is 13.3. The molecule has 2 saturated carbocycles. The largest absolute Gasteiger partial charge is 0.490 e. The predicted molar refractivity (Wildman–Crippen MR) is 131 cm³/mol. The maximum Gasteiger partial charge on any atom is 0.245 e. The molecule has 0 spiro atoms. The van der Waals surface area contributed by atoms with E-state index >= 15 is 0 Å². The molecule has 0 saturated heterocycles. The van der Waals surface area contributed by atoms with Gasteiger partial charge in [0, 0.05) is 42.6 Å². The molecule has 1 aromatic heterocycles. The zero-order chi connectivity index (χ0) is 24.8. The minimum atomic E-state index is -3.97. The Kier molecular flexibility index (Phi) is 6.34. The van der Waals surface area contributed by atoms with Crippen molar-refractivity contribution in [3.63, 3.8) is 0 Å². The number of halogens is 2. The van der Waals surface area contributed by atoms with Gasteiger partial charge in [0.25, 0.3) is 0 Å². The van der Waals surface area contributed by atoms with Gasteiger partial charge < -0.3 is 9.47 Å². The first-order chi connectivity index (χ1) is 16.7. The van der Waals surface area contributed by atoms with Crippen molar-refractivity contribution in [1.29, 1.82) is 0 Å². The molecule has 0 aliphatic heterocycles. The van der Waals surface area contributed by atoms with Gasteiger partial charge in [-0.05, 0) is 61.1 Å². The fourth-order valence-corrected chi connectivity index (χ4v) is 5.24. The third-order valence-corrected chi connectivity index (χ3v) is 8.56. The minimum Gasteiger partial charge on any atom is -0.490 e. The van der Waals surface area contributed by atoms with Crippen LogP contribution in [0.1, 0.15) is 36.8 Å². The van der Waals surface area contributed by atoms with Crippen molar-refractivity contribution in [2.24, 2.45) is 0 Å². The van der Waals surface area contributed by atoms with Crippen LogP contribution in [0.25, 0.3) is 11.1 Å². The van der Waals surface area contributed by atoms with Crippen molar-refractivity contribution in [2.45, 2.75) is 48.9 Å². The molecular formula is C26H26ClFN2O4S. The van der Waals surface area contributed by atoms with Gasteiger partial charge in [0.2, 0.25) is 10.0 Å². The van der Waals surface area contributed by atoms with Gasteiger partial charge in [-0.2, -0.15) is 0 Å². The summed E-state index contributed by atoms with van der Waals surface area (Å²) in [6, 6.07) is 12.2. The van der Waals surface area contributed by atoms with Crippen LogP contribution in [0.3, 0.4) is 0 Å². The van der Waals surface area contributed by atoms with E-state index in [4.69, 9.17) is 21.1 Å². The van der Waals surface area contributed by atoms with Gasteiger partial charge in [0.05, 0.1) is 18.3 Å². The molecule has 2 aromatic carbocycles. The van der Waals surface area contributed by atoms with Crippen LogP contribution in [0.2, 0.25) is 5.02 Å². The van der Waals surface area contributed by atoms with E-state index in [0.29, 0.717) is 5.56 Å². The number of hydrogen-bond acceptors (Lipinski definition) is 5. The molecule has 0 unspecified atom stereocenters. The quantitative estimate of drug-likeness (QED) is 0.373. The van der Waals surface area contributed by atoms with Gasteiger partial charge in [-0.1, -0.05) is 29.8 Å². The third kappa shape index (κ3) is 4.80. The Bertz CT molecular complexity index is 1370. The van der Waals surface area contributed by atoms with Crippen LogP contribution in [0.4, 0.5) is 4.39 Å². The monoisotopic (exact) mass is 516 g/mol. The Hall–Kier alpha value is -2.52. The van der Waals surface area contributed by atoms with Crippen LogP contribution in [0.5, 0.6) is 5.75 Å². The average molecular weight is 517 g/mol. The molecule has 0 radical (unpaired) electrons. The van der Waals surface area contributed by atoms with E-state index in [1.165, 1.54) is 20.2 Å². The van der Waals surface area contributed by atoms with Crippen molar-refractivity contribution >= 4 is 21.6 Å². The minimum absolute atomic E-state index is 0.0314. The Morgan fingerprint density at radius 1 is 1.14 bits per heavy atom. The highest BCUT2D eigenvalue weighted by molar-refractivity contribution is 7.89. The summed E-state index contributed by atoms with van der Waals surface area (Å²) in [7, 11) is -1.26. The van der Waals surface area contributed by atoms with Crippen LogP contribution in [0, 0.1) is 5.82 Å². The first kappa shape index (κ1) is 24.2. The summed E-state index contributed by atoms with van der Waals surface area (Å²) in [5.41, 5.74) is 2.71. The van der Waals surface area contributed by atoms with Crippen molar-refractivity contribution < 1.29 is 22.3 Å². The molecule has 5 rings (SSSR count). The van der Waals surface area contributed by atoms with Crippen molar-refractivity contribution in [3.8, 4) is 16.9 Å². The van der Waals surface area contributed by atoms with Gasteiger partial charge in [0.15, 0.2) is 0 Å². The number of rotatable bonds is 9. The molecule has 6 nitrogen and oxygen atoms in total. The van der Waals surface area contributed by atoms with Crippen molar-refractivity contribution in [1.82, 2.24) is 9.29 Å². The second kappa shape index (κ2) is 9.17. The molecule has 3 aromatic rings. The number of benzene rings is 2. The standard InChI is InChI=1S/C26H26ClFN2O4S/c1-30(2)35(31,32)25-13-17(22(27)14-23(25)28)16-33-26(10-11-26)21-15-29-12-9-19(21)20-5-3-4-6-24(20)34-18-7-8-18/h3-6,9,12-15,18H,7-8,10-11,16H2,1-2H3. The van der Waals surface area contributed by atoms with E-state index < -0.39 is 26.3 Å². The van der Waals surface area contributed by atoms with Crippen LogP contribution in [-0.4, -0.2) is 37.9 Å². The Balaban J connectivity index is 1.45. The van der Waals surface area contributed by atoms with Crippen LogP contribution in [-0.2, 0) is 27.0 Å². The number of hydrogen-bond donors (Lipinski definition) is 0. The predicted octanol–water partition coefficient (Wildman–Crippen LogP) is 5.54. The maximum atomic E-state index is 14.5. The fraction of sp³-hybridized carbons (Fsp3) is 0.346. The molecule has 2 aliphatic rings. The molecule has 0 amide bonds. The Morgan fingerprint density at radius 3 is 2.57 bits per heavy atom. The summed E-state index contributed by atoms with van der Waals surface area (Å²) in [5, 5.41) is 0.116. The summed E-state index contributed by atoms with van der Waals surface area (Å²) in [6.45, 7) is 0.0314. The zero-order valence-electron chi connectivity index (χ0n) is 19.5. The molecule has 0 N–H and O–H groups in total. The second-order valence-corrected chi connectivity index (χ2v) is 11.7. The summed E-state index contributed by atoms with van der Waals surface area (Å²) in [4.78, 5) is 3.92. The number of para-hydroxylation sites is 1. The van der Waals surface area contributed by atoms with Gasteiger partial charge in [-0.3, -0.25) is 4.98 Å². The van der Waals surface area contributed by atoms with Gasteiger partial charge in [-0.25, -0.2) is 17.1 Å². The van der Waals surface area contributed by atoms with Gasteiger partial charge >= 0.3 is 0 Å². The highest BCUT2D eigenvalue weighted by Gasteiger charge is 2.48. The SMILES string of the molecule is CN(C)S(=O)(=O)c1cc(COC2(c3cnccc3-c3ccccc3OC3CC3)CC2)c(Cl)cc1F. The van der Waals surface area contributed by atoms with E-state index in [0.717, 1.165) is 58.5 Å². The van der Waals surface area contributed by atoms with E-state index in [2.05, 4.69) is 4.98 Å².